The molecule has 0 aliphatic carbocycles. The van der Waals surface area contributed by atoms with Crippen molar-refractivity contribution in [2.45, 2.75) is 6.92 Å². The van der Waals surface area contributed by atoms with Crippen molar-refractivity contribution in [1.29, 1.82) is 0 Å². The van der Waals surface area contributed by atoms with Gasteiger partial charge in [-0.3, -0.25) is 24.8 Å². The molecule has 2 N–H and O–H groups in total. The lowest BCUT2D eigenvalue weighted by atomic mass is 10.2. The average Bonchev–Trinajstić information content (AvgIpc) is 3.19. The van der Waals surface area contributed by atoms with E-state index in [0.717, 1.165) is 4.90 Å². The summed E-state index contributed by atoms with van der Waals surface area (Å²) in [7, 11) is 1.42. The Labute approximate surface area is 146 Å². The first-order valence-corrected chi connectivity index (χ1v) is 7.46. The predicted molar refractivity (Wildman–Crippen MR) is 89.6 cm³/mol. The Hall–Kier alpha value is -3.76. The first-order chi connectivity index (χ1) is 12.3. The monoisotopic (exact) mass is 358 g/mol. The summed E-state index contributed by atoms with van der Waals surface area (Å²) in [4.78, 5) is 36.1. The van der Waals surface area contributed by atoms with Crippen molar-refractivity contribution in [2.75, 3.05) is 18.9 Å². The van der Waals surface area contributed by atoms with Gasteiger partial charge < -0.3 is 14.7 Å². The molecule has 11 nitrogen and oxygen atoms in total. The summed E-state index contributed by atoms with van der Waals surface area (Å²) in [6, 6.07) is 5.58. The number of amides is 2. The Balaban J connectivity index is 1.75. The Morgan fingerprint density at radius 3 is 2.81 bits per heavy atom. The van der Waals surface area contributed by atoms with E-state index >= 15 is 0 Å². The first-order valence-electron chi connectivity index (χ1n) is 7.46. The van der Waals surface area contributed by atoms with Crippen molar-refractivity contribution >= 4 is 34.2 Å². The summed E-state index contributed by atoms with van der Waals surface area (Å²) >= 11 is 0. The number of carbonyl (C=O) groups is 2. The number of H-pyrrole nitrogens is 1. The Bertz CT molecular complexity index is 1010. The van der Waals surface area contributed by atoms with Crippen molar-refractivity contribution in [2.24, 2.45) is 0 Å². The van der Waals surface area contributed by atoms with Gasteiger partial charge in [0.2, 0.25) is 5.91 Å². The maximum Gasteiger partial charge on any atom is 0.275 e. The normalized spacial score (nSPS) is 10.7. The Kier molecular flexibility index (Phi) is 4.35. The molecule has 3 rings (SSSR count). The number of fused-ring (bicyclic) bond motifs is 1. The highest BCUT2D eigenvalue weighted by Gasteiger charge is 2.22. The van der Waals surface area contributed by atoms with E-state index < -0.39 is 16.7 Å². The van der Waals surface area contributed by atoms with E-state index in [0.29, 0.717) is 16.7 Å². The standard InChI is InChI=1S/C15H14N6O5/c1-8-5-12(19-26-8)16-13(22)7-20(2)15(23)14-10-6-9(21(24)25)3-4-11(10)17-18-14/h3-6H,7H2,1-2H3,(H,17,18)(H,16,19,22). The van der Waals surface area contributed by atoms with Crippen molar-refractivity contribution < 1.29 is 19.0 Å². The number of hydrogen-bond acceptors (Lipinski definition) is 7. The van der Waals surface area contributed by atoms with Crippen LogP contribution in [0.25, 0.3) is 10.9 Å². The molecule has 0 fully saturated rings. The summed E-state index contributed by atoms with van der Waals surface area (Å²) in [5.74, 6) is -0.244. The quantitative estimate of drug-likeness (QED) is 0.518. The van der Waals surface area contributed by atoms with Gasteiger partial charge in [-0.15, -0.1) is 0 Å². The van der Waals surface area contributed by atoms with Crippen LogP contribution in [0.1, 0.15) is 16.2 Å². The van der Waals surface area contributed by atoms with Crippen LogP contribution in [0.4, 0.5) is 11.5 Å². The zero-order valence-corrected chi connectivity index (χ0v) is 13.8. The third kappa shape index (κ3) is 3.36. The molecule has 2 amide bonds. The SMILES string of the molecule is Cc1cc(NC(=O)CN(C)C(=O)c2n[nH]c3ccc([N+](=O)[O-])cc23)no1. The fraction of sp³-hybridized carbons (Fsp3) is 0.200. The largest absolute Gasteiger partial charge is 0.360 e. The number of nitro benzene ring substituents is 1. The van der Waals surface area contributed by atoms with E-state index in [4.69, 9.17) is 4.52 Å². The van der Waals surface area contributed by atoms with Gasteiger partial charge in [-0.25, -0.2) is 0 Å². The van der Waals surface area contributed by atoms with Crippen LogP contribution < -0.4 is 5.32 Å². The predicted octanol–water partition coefficient (Wildman–Crippen LogP) is 1.48. The fourth-order valence-corrected chi connectivity index (χ4v) is 2.35. The highest BCUT2D eigenvalue weighted by atomic mass is 16.6. The summed E-state index contributed by atoms with van der Waals surface area (Å²) in [5, 5.41) is 23.9. The lowest BCUT2D eigenvalue weighted by molar-refractivity contribution is -0.384. The van der Waals surface area contributed by atoms with E-state index in [2.05, 4.69) is 20.7 Å². The van der Waals surface area contributed by atoms with Crippen LogP contribution in [-0.4, -0.2) is 50.6 Å². The average molecular weight is 358 g/mol. The Morgan fingerprint density at radius 2 is 2.15 bits per heavy atom. The molecule has 2 aromatic heterocycles. The second-order valence-electron chi connectivity index (χ2n) is 5.59. The fourth-order valence-electron chi connectivity index (χ4n) is 2.35. The number of aromatic nitrogens is 3. The molecule has 0 atom stereocenters. The molecular weight excluding hydrogens is 344 g/mol. The molecule has 0 saturated heterocycles. The molecule has 0 spiro atoms. The lowest BCUT2D eigenvalue weighted by Crippen LogP contribution is -2.35. The summed E-state index contributed by atoms with van der Waals surface area (Å²) < 4.78 is 4.84. The van der Waals surface area contributed by atoms with Gasteiger partial charge in [0, 0.05) is 30.6 Å². The minimum atomic E-state index is -0.558. The first kappa shape index (κ1) is 17.1. The molecule has 26 heavy (non-hydrogen) atoms. The number of nitrogens with zero attached hydrogens (tertiary/aromatic N) is 4. The van der Waals surface area contributed by atoms with E-state index in [1.54, 1.807) is 13.0 Å². The van der Waals surface area contributed by atoms with E-state index in [9.17, 15) is 19.7 Å². The van der Waals surface area contributed by atoms with Crippen LogP contribution in [-0.2, 0) is 4.79 Å². The van der Waals surface area contributed by atoms with Gasteiger partial charge in [0.25, 0.3) is 11.6 Å². The summed E-state index contributed by atoms with van der Waals surface area (Å²) in [5.41, 5.74) is 0.320. The number of non-ortho nitro benzene ring substituents is 1. The second kappa shape index (κ2) is 6.63. The van der Waals surface area contributed by atoms with Gasteiger partial charge >= 0.3 is 0 Å². The maximum atomic E-state index is 12.6. The van der Waals surface area contributed by atoms with Crippen LogP contribution in [0.5, 0.6) is 0 Å². The van der Waals surface area contributed by atoms with Crippen molar-refractivity contribution in [3.8, 4) is 0 Å². The number of hydrogen-bond donors (Lipinski definition) is 2. The van der Waals surface area contributed by atoms with Gasteiger partial charge in [0.05, 0.1) is 17.0 Å². The van der Waals surface area contributed by atoms with E-state index in [1.807, 2.05) is 0 Å². The number of benzene rings is 1. The molecule has 11 heteroatoms. The van der Waals surface area contributed by atoms with Gasteiger partial charge in [-0.2, -0.15) is 5.10 Å². The molecule has 0 aliphatic rings. The summed E-state index contributed by atoms with van der Waals surface area (Å²) in [6.45, 7) is 1.42. The van der Waals surface area contributed by atoms with Crippen LogP contribution in [0, 0.1) is 17.0 Å². The molecule has 0 radical (unpaired) electrons. The number of rotatable bonds is 5. The highest BCUT2D eigenvalue weighted by molar-refractivity contribution is 6.06. The van der Waals surface area contributed by atoms with Crippen molar-refractivity contribution in [3.05, 3.63) is 45.8 Å². The number of aromatic amines is 1. The molecule has 0 bridgehead atoms. The number of aryl methyl sites for hydroxylation is 1. The minimum Gasteiger partial charge on any atom is -0.360 e. The topological polar surface area (TPSA) is 147 Å². The van der Waals surface area contributed by atoms with Gasteiger partial charge in [-0.05, 0) is 13.0 Å². The minimum absolute atomic E-state index is 0.00344. The molecule has 0 saturated carbocycles. The summed E-state index contributed by atoms with van der Waals surface area (Å²) in [6.07, 6.45) is 0. The number of likely N-dealkylation sites (N-methyl/N-ethyl adjacent to an activating group) is 1. The number of anilines is 1. The molecule has 134 valence electrons. The highest BCUT2D eigenvalue weighted by Crippen LogP contribution is 2.22. The molecule has 1 aromatic carbocycles. The van der Waals surface area contributed by atoms with Crippen LogP contribution in [0.3, 0.4) is 0 Å². The van der Waals surface area contributed by atoms with E-state index in [-0.39, 0.29) is 23.7 Å². The zero-order chi connectivity index (χ0) is 18.8. The van der Waals surface area contributed by atoms with E-state index in [1.165, 1.54) is 25.2 Å². The third-order valence-corrected chi connectivity index (χ3v) is 3.58. The number of carbonyl (C=O) groups excluding carboxylic acids is 2. The number of nitro groups is 1. The van der Waals surface area contributed by atoms with Gasteiger partial charge in [0.15, 0.2) is 11.5 Å². The van der Waals surface area contributed by atoms with Gasteiger partial charge in [0.1, 0.15) is 5.76 Å². The Morgan fingerprint density at radius 1 is 1.38 bits per heavy atom. The van der Waals surface area contributed by atoms with Crippen molar-refractivity contribution in [3.63, 3.8) is 0 Å². The molecule has 2 heterocycles. The molecule has 0 aliphatic heterocycles. The molecule has 0 unspecified atom stereocenters. The molecule has 3 aromatic rings. The van der Waals surface area contributed by atoms with Gasteiger partial charge in [-0.1, -0.05) is 5.16 Å². The number of nitrogens with one attached hydrogen (secondary N) is 2. The third-order valence-electron chi connectivity index (χ3n) is 3.58. The second-order valence-corrected chi connectivity index (χ2v) is 5.59. The van der Waals surface area contributed by atoms with Crippen LogP contribution in [0.15, 0.2) is 28.8 Å². The smallest absolute Gasteiger partial charge is 0.275 e. The lowest BCUT2D eigenvalue weighted by Gasteiger charge is -2.15. The maximum absolute atomic E-state index is 12.6. The van der Waals surface area contributed by atoms with Crippen LogP contribution >= 0.6 is 0 Å². The van der Waals surface area contributed by atoms with Crippen LogP contribution in [0.2, 0.25) is 0 Å². The van der Waals surface area contributed by atoms with Crippen molar-refractivity contribution in [1.82, 2.24) is 20.3 Å². The zero-order valence-electron chi connectivity index (χ0n) is 13.8. The molecular formula is C15H14N6O5.